The van der Waals surface area contributed by atoms with E-state index >= 15 is 0 Å². The SMILES string of the molecule is CCN(CC)C(C)C[N-]C(C)=NC(C)(C)C.CCN(CC)CC(C)[N-]C(C)=NC(C)(C)C.CCN(CC)CC[N-]C(C)=NC(C)(C)C.[Co].[Co].[Co]. The first kappa shape index (κ1) is 61.8. The van der Waals surface area contributed by atoms with Crippen LogP contribution in [0.5, 0.6) is 0 Å². The van der Waals surface area contributed by atoms with Crippen molar-refractivity contribution in [2.45, 2.75) is 167 Å². The summed E-state index contributed by atoms with van der Waals surface area (Å²) in [6.45, 7) is 52.6. The van der Waals surface area contributed by atoms with Gasteiger partial charge < -0.3 is 45.6 Å². The van der Waals surface area contributed by atoms with Crippen LogP contribution in [0.1, 0.15) is 138 Å². The van der Waals surface area contributed by atoms with Crippen molar-refractivity contribution in [3.8, 4) is 0 Å². The van der Waals surface area contributed by atoms with Crippen molar-refractivity contribution in [2.24, 2.45) is 15.0 Å². The van der Waals surface area contributed by atoms with Crippen molar-refractivity contribution >= 4 is 17.5 Å². The van der Waals surface area contributed by atoms with Crippen LogP contribution in [-0.2, 0) is 50.3 Å². The van der Waals surface area contributed by atoms with E-state index in [0.717, 1.165) is 83.0 Å². The quantitative estimate of drug-likeness (QED) is 0.122. The normalized spacial score (nSPS) is 13.9. The van der Waals surface area contributed by atoms with Gasteiger partial charge >= 0.3 is 0 Å². The number of rotatable bonds is 15. The second-order valence-corrected chi connectivity index (χ2v) is 15.3. The van der Waals surface area contributed by atoms with Crippen LogP contribution in [-0.4, -0.2) is 126 Å². The Morgan fingerprint density at radius 2 is 0.900 bits per heavy atom. The molecule has 2 atom stereocenters. The van der Waals surface area contributed by atoms with Crippen LogP contribution in [0.4, 0.5) is 0 Å². The predicted octanol–water partition coefficient (Wildman–Crippen LogP) is 9.53. The molecule has 0 aromatic heterocycles. The largest absolute Gasteiger partial charge is 0.468 e. The molecule has 0 N–H and O–H groups in total. The standard InChI is InChI=1S/2C13H28N3.C12H26N3.3Co/c1-8-16(9-2)10-11(3)14-12(4)15-13(5,6)7;1-8-16(9-2)11(3)10-14-12(4)15-13(5,6)7;1-7-15(8-2)10-9-13-11(3)14-12(4,5)6;;;/h2*11H,8-10H2,1-7H3;7-10H2,1-6H3;;;/q3*-1;;;. The third-order valence-electron chi connectivity index (χ3n) is 6.99. The first-order valence-corrected chi connectivity index (χ1v) is 18.4. The van der Waals surface area contributed by atoms with Gasteiger partial charge in [0.2, 0.25) is 0 Å². The summed E-state index contributed by atoms with van der Waals surface area (Å²) in [5.74, 6) is 2.73. The van der Waals surface area contributed by atoms with Gasteiger partial charge in [-0.2, -0.15) is 0 Å². The average Bonchev–Trinajstić information content (AvgIpc) is 2.91. The van der Waals surface area contributed by atoms with Gasteiger partial charge in [-0.05, 0) is 116 Å². The van der Waals surface area contributed by atoms with E-state index in [0.29, 0.717) is 12.1 Å². The monoisotopic (exact) mass is 841 g/mol. The molecule has 0 rings (SSSR count). The fraction of sp³-hybridized carbons (Fsp3) is 0.921. The molecule has 0 fully saturated rings. The van der Waals surface area contributed by atoms with Crippen molar-refractivity contribution in [1.82, 2.24) is 14.7 Å². The molecule has 0 amide bonds. The van der Waals surface area contributed by atoms with E-state index in [1.165, 1.54) is 0 Å². The van der Waals surface area contributed by atoms with Gasteiger partial charge in [-0.1, -0.05) is 128 Å². The van der Waals surface area contributed by atoms with Gasteiger partial charge in [0.05, 0.1) is 0 Å². The van der Waals surface area contributed by atoms with E-state index in [9.17, 15) is 0 Å². The molecule has 309 valence electrons. The van der Waals surface area contributed by atoms with E-state index < -0.39 is 0 Å². The van der Waals surface area contributed by atoms with E-state index in [-0.39, 0.29) is 67.0 Å². The van der Waals surface area contributed by atoms with Crippen molar-refractivity contribution in [1.29, 1.82) is 0 Å². The molecule has 0 aliphatic heterocycles. The van der Waals surface area contributed by atoms with E-state index in [2.05, 4.69) is 163 Å². The van der Waals surface area contributed by atoms with Gasteiger partial charge in [-0.25, -0.2) is 0 Å². The first-order chi connectivity index (χ1) is 21.5. The van der Waals surface area contributed by atoms with Crippen LogP contribution in [0.15, 0.2) is 15.0 Å². The molecule has 3 radical (unpaired) electrons. The molecule has 0 saturated heterocycles. The minimum atomic E-state index is -0.0253. The van der Waals surface area contributed by atoms with Crippen LogP contribution in [0.25, 0.3) is 16.0 Å². The summed E-state index contributed by atoms with van der Waals surface area (Å²) in [7, 11) is 0. The molecule has 0 aliphatic rings. The number of nitrogens with zero attached hydrogens (tertiary/aromatic N) is 9. The van der Waals surface area contributed by atoms with Crippen molar-refractivity contribution in [3.05, 3.63) is 16.0 Å². The van der Waals surface area contributed by atoms with E-state index in [4.69, 9.17) is 0 Å². The van der Waals surface area contributed by atoms with E-state index in [1.807, 2.05) is 20.8 Å². The summed E-state index contributed by atoms with van der Waals surface area (Å²) in [5.41, 5.74) is -0.0582. The van der Waals surface area contributed by atoms with Gasteiger partial charge in [0.15, 0.2) is 0 Å². The Morgan fingerprint density at radius 1 is 0.540 bits per heavy atom. The Labute approximate surface area is 344 Å². The molecule has 0 aromatic carbocycles. The number of likely N-dealkylation sites (N-methyl/N-ethyl adjacent to an activating group) is 3. The molecule has 0 spiro atoms. The molecule has 0 aliphatic carbocycles. The molecule has 0 saturated carbocycles. The van der Waals surface area contributed by atoms with Crippen LogP contribution >= 0.6 is 0 Å². The Hall–Kier alpha value is -0.191. The van der Waals surface area contributed by atoms with E-state index in [1.54, 1.807) is 0 Å². The molecule has 9 nitrogen and oxygen atoms in total. The fourth-order valence-corrected chi connectivity index (χ4v) is 4.89. The van der Waals surface area contributed by atoms with Crippen LogP contribution in [0, 0.1) is 0 Å². The Bertz CT molecular complexity index is 849. The Balaban J connectivity index is -0.000000141. The van der Waals surface area contributed by atoms with Gasteiger partial charge in [-0.3, -0.25) is 0 Å². The molecular weight excluding hydrogens is 759 g/mol. The van der Waals surface area contributed by atoms with Crippen molar-refractivity contribution in [2.75, 3.05) is 65.4 Å². The maximum atomic E-state index is 4.61. The fourth-order valence-electron chi connectivity index (χ4n) is 4.89. The second-order valence-electron chi connectivity index (χ2n) is 15.3. The number of hydrogen-bond acceptors (Lipinski definition) is 6. The minimum absolute atomic E-state index is 0. The van der Waals surface area contributed by atoms with Crippen LogP contribution < -0.4 is 0 Å². The minimum Gasteiger partial charge on any atom is -0.468 e. The molecule has 50 heavy (non-hydrogen) atoms. The summed E-state index contributed by atoms with van der Waals surface area (Å²) >= 11 is 0. The van der Waals surface area contributed by atoms with Crippen molar-refractivity contribution < 1.29 is 50.3 Å². The maximum absolute atomic E-state index is 4.61. The zero-order valence-corrected chi connectivity index (χ0v) is 39.4. The van der Waals surface area contributed by atoms with Gasteiger partial charge in [-0.15, -0.1) is 0 Å². The van der Waals surface area contributed by atoms with Crippen LogP contribution in [0.2, 0.25) is 0 Å². The molecule has 12 heteroatoms. The number of hydrogen-bond donors (Lipinski definition) is 0. The molecule has 0 bridgehead atoms. The third kappa shape index (κ3) is 42.2. The number of aliphatic imine (C=N–C) groups is 3. The Kier molecular flexibility index (Phi) is 41.3. The molecule has 0 heterocycles. The topological polar surface area (TPSA) is 89.1 Å². The Morgan fingerprint density at radius 3 is 1.24 bits per heavy atom. The zero-order valence-electron chi connectivity index (χ0n) is 36.3. The second kappa shape index (κ2) is 33.4. The smallest absolute Gasteiger partial charge is 0.00597 e. The van der Waals surface area contributed by atoms with Gasteiger partial charge in [0.25, 0.3) is 0 Å². The summed E-state index contributed by atoms with van der Waals surface area (Å²) in [6.07, 6.45) is 0. The van der Waals surface area contributed by atoms with Gasteiger partial charge in [0.1, 0.15) is 0 Å². The average molecular weight is 842 g/mol. The molecular formula is C38H82Co3N9-3. The zero-order chi connectivity index (χ0) is 37.4. The third-order valence-corrected chi connectivity index (χ3v) is 6.99. The summed E-state index contributed by atoms with van der Waals surface area (Å²) in [6, 6.07) is 0.825. The number of amidine groups is 3. The summed E-state index contributed by atoms with van der Waals surface area (Å²) in [5, 5.41) is 13.6. The first-order valence-electron chi connectivity index (χ1n) is 18.4. The van der Waals surface area contributed by atoms with Crippen LogP contribution in [0.3, 0.4) is 0 Å². The summed E-state index contributed by atoms with van der Waals surface area (Å²) in [4.78, 5) is 20.7. The predicted molar refractivity (Wildman–Crippen MR) is 216 cm³/mol. The molecule has 2 unspecified atom stereocenters. The summed E-state index contributed by atoms with van der Waals surface area (Å²) < 4.78 is 0. The maximum Gasteiger partial charge on any atom is 0.00597 e. The van der Waals surface area contributed by atoms with Gasteiger partial charge in [0, 0.05) is 56.4 Å². The van der Waals surface area contributed by atoms with Crippen molar-refractivity contribution in [3.63, 3.8) is 0 Å². The molecule has 0 aromatic rings.